The van der Waals surface area contributed by atoms with Crippen LogP contribution in [-0.4, -0.2) is 17.6 Å². The van der Waals surface area contributed by atoms with Crippen molar-refractivity contribution < 1.29 is 9.53 Å². The zero-order chi connectivity index (χ0) is 13.4. The number of aryl methyl sites for hydroxylation is 1. The van der Waals surface area contributed by atoms with Gasteiger partial charge in [-0.05, 0) is 25.0 Å². The van der Waals surface area contributed by atoms with Crippen LogP contribution in [0.3, 0.4) is 0 Å². The maximum Gasteiger partial charge on any atom is 0.350 e. The van der Waals surface area contributed by atoms with Crippen LogP contribution in [0.15, 0.2) is 30.1 Å². The summed E-state index contributed by atoms with van der Waals surface area (Å²) in [6.07, 6.45) is 3.95. The highest BCUT2D eigenvalue weighted by atomic mass is 16.5. The van der Waals surface area contributed by atoms with E-state index in [2.05, 4.69) is 10.3 Å². The summed E-state index contributed by atoms with van der Waals surface area (Å²) in [7, 11) is 0. The third kappa shape index (κ3) is 3.91. The van der Waals surface area contributed by atoms with Crippen molar-refractivity contribution in [3.8, 4) is 6.07 Å². The van der Waals surface area contributed by atoms with Crippen LogP contribution >= 0.6 is 0 Å². The van der Waals surface area contributed by atoms with Gasteiger partial charge in [0.25, 0.3) is 0 Å². The Balaban J connectivity index is 2.71. The van der Waals surface area contributed by atoms with Gasteiger partial charge >= 0.3 is 5.97 Å². The minimum absolute atomic E-state index is 0.0850. The Kier molecular flexibility index (Phi) is 5.39. The summed E-state index contributed by atoms with van der Waals surface area (Å²) in [4.78, 5) is 15.5. The number of aromatic nitrogens is 1. The summed E-state index contributed by atoms with van der Waals surface area (Å²) in [5, 5.41) is 11.6. The minimum atomic E-state index is -0.641. The molecule has 1 aromatic rings. The highest BCUT2D eigenvalue weighted by Crippen LogP contribution is 2.06. The van der Waals surface area contributed by atoms with Gasteiger partial charge in [0.2, 0.25) is 0 Å². The zero-order valence-electron chi connectivity index (χ0n) is 10.4. The van der Waals surface area contributed by atoms with Crippen molar-refractivity contribution in [2.75, 3.05) is 11.9 Å². The SMILES string of the molecule is CCOC(=O)/C(C#N)=C\Nc1ccc(CC)cn1. The number of hydrogen-bond acceptors (Lipinski definition) is 5. The second kappa shape index (κ2) is 7.07. The number of nitriles is 1. The molecule has 0 atom stereocenters. The van der Waals surface area contributed by atoms with E-state index in [-0.39, 0.29) is 12.2 Å². The van der Waals surface area contributed by atoms with Gasteiger partial charge in [0.15, 0.2) is 5.57 Å². The predicted octanol–water partition coefficient (Wildman–Crippen LogP) is 2.03. The largest absolute Gasteiger partial charge is 0.462 e. The molecule has 0 spiro atoms. The van der Waals surface area contributed by atoms with Crippen LogP contribution in [-0.2, 0) is 16.0 Å². The molecule has 0 amide bonds. The van der Waals surface area contributed by atoms with E-state index in [1.165, 1.54) is 6.20 Å². The van der Waals surface area contributed by atoms with Crippen LogP contribution < -0.4 is 5.32 Å². The molecule has 5 heteroatoms. The molecule has 0 saturated heterocycles. The standard InChI is InChI=1S/C13H15N3O2/c1-3-10-5-6-12(15-8-10)16-9-11(7-14)13(17)18-4-2/h5-6,8-9H,3-4H2,1-2H3,(H,15,16)/b11-9-. The second-order valence-electron chi connectivity index (χ2n) is 3.44. The normalized spacial score (nSPS) is 10.6. The molecule has 94 valence electrons. The number of carbonyl (C=O) groups excluding carboxylic acids is 1. The lowest BCUT2D eigenvalue weighted by molar-refractivity contribution is -0.138. The Morgan fingerprint density at radius 2 is 2.33 bits per heavy atom. The van der Waals surface area contributed by atoms with Gasteiger partial charge in [-0.1, -0.05) is 13.0 Å². The van der Waals surface area contributed by atoms with E-state index in [0.29, 0.717) is 5.82 Å². The van der Waals surface area contributed by atoms with Crippen molar-refractivity contribution in [2.45, 2.75) is 20.3 Å². The lowest BCUT2D eigenvalue weighted by Crippen LogP contribution is -2.08. The molecule has 0 saturated carbocycles. The first-order chi connectivity index (χ1) is 8.71. The Morgan fingerprint density at radius 3 is 2.83 bits per heavy atom. The molecule has 1 heterocycles. The van der Waals surface area contributed by atoms with Crippen LogP contribution in [0, 0.1) is 11.3 Å². The van der Waals surface area contributed by atoms with E-state index in [1.54, 1.807) is 25.3 Å². The van der Waals surface area contributed by atoms with Gasteiger partial charge in [-0.15, -0.1) is 0 Å². The Morgan fingerprint density at radius 1 is 1.56 bits per heavy atom. The number of ether oxygens (including phenoxy) is 1. The predicted molar refractivity (Wildman–Crippen MR) is 67.6 cm³/mol. The van der Waals surface area contributed by atoms with E-state index in [1.807, 2.05) is 13.0 Å². The van der Waals surface area contributed by atoms with Crippen molar-refractivity contribution in [3.63, 3.8) is 0 Å². The molecule has 0 aliphatic carbocycles. The van der Waals surface area contributed by atoms with Gasteiger partial charge in [-0.2, -0.15) is 5.26 Å². The highest BCUT2D eigenvalue weighted by molar-refractivity contribution is 5.93. The van der Waals surface area contributed by atoms with Crippen LogP contribution in [0.2, 0.25) is 0 Å². The van der Waals surface area contributed by atoms with Crippen molar-refractivity contribution in [3.05, 3.63) is 35.7 Å². The van der Waals surface area contributed by atoms with E-state index >= 15 is 0 Å². The van der Waals surface area contributed by atoms with Gasteiger partial charge in [-0.25, -0.2) is 9.78 Å². The number of nitrogens with one attached hydrogen (secondary N) is 1. The number of pyridine rings is 1. The topological polar surface area (TPSA) is 75.0 Å². The number of esters is 1. The number of carbonyl (C=O) groups is 1. The fraction of sp³-hybridized carbons (Fsp3) is 0.308. The summed E-state index contributed by atoms with van der Waals surface area (Å²) in [5.41, 5.74) is 1.04. The van der Waals surface area contributed by atoms with Gasteiger partial charge < -0.3 is 10.1 Å². The molecule has 0 aliphatic rings. The summed E-state index contributed by atoms with van der Waals surface area (Å²) in [6, 6.07) is 5.49. The van der Waals surface area contributed by atoms with Crippen LogP contribution in [0.25, 0.3) is 0 Å². The molecule has 0 unspecified atom stereocenters. The number of rotatable bonds is 5. The van der Waals surface area contributed by atoms with Gasteiger partial charge in [0.05, 0.1) is 6.61 Å². The molecule has 1 N–H and O–H groups in total. The number of nitrogens with zero attached hydrogens (tertiary/aromatic N) is 2. The summed E-state index contributed by atoms with van der Waals surface area (Å²) in [5.74, 6) is -0.0677. The van der Waals surface area contributed by atoms with Crippen molar-refractivity contribution in [1.82, 2.24) is 4.98 Å². The smallest absolute Gasteiger partial charge is 0.350 e. The van der Waals surface area contributed by atoms with Crippen molar-refractivity contribution >= 4 is 11.8 Å². The summed E-state index contributed by atoms with van der Waals surface area (Å²) in [6.45, 7) is 3.96. The van der Waals surface area contributed by atoms with E-state index in [9.17, 15) is 4.79 Å². The summed E-state index contributed by atoms with van der Waals surface area (Å²) < 4.78 is 4.73. The van der Waals surface area contributed by atoms with Gasteiger partial charge in [0, 0.05) is 12.4 Å². The molecule has 5 nitrogen and oxygen atoms in total. The van der Waals surface area contributed by atoms with Gasteiger partial charge in [0.1, 0.15) is 11.9 Å². The maximum absolute atomic E-state index is 11.3. The van der Waals surface area contributed by atoms with E-state index in [0.717, 1.165) is 12.0 Å². The molecular weight excluding hydrogens is 230 g/mol. The molecule has 0 bridgehead atoms. The highest BCUT2D eigenvalue weighted by Gasteiger charge is 2.09. The molecule has 1 aromatic heterocycles. The first-order valence-corrected chi connectivity index (χ1v) is 5.70. The van der Waals surface area contributed by atoms with E-state index < -0.39 is 5.97 Å². The molecule has 0 fully saturated rings. The zero-order valence-corrected chi connectivity index (χ0v) is 10.4. The first kappa shape index (κ1) is 13.7. The van der Waals surface area contributed by atoms with Crippen LogP contribution in [0.4, 0.5) is 5.82 Å². The third-order valence-electron chi connectivity index (χ3n) is 2.21. The van der Waals surface area contributed by atoms with Crippen LogP contribution in [0.5, 0.6) is 0 Å². The quantitative estimate of drug-likeness (QED) is 0.488. The van der Waals surface area contributed by atoms with Crippen LogP contribution in [0.1, 0.15) is 19.4 Å². The Bertz CT molecular complexity index is 472. The number of anilines is 1. The van der Waals surface area contributed by atoms with Gasteiger partial charge in [-0.3, -0.25) is 0 Å². The molecule has 0 radical (unpaired) electrons. The second-order valence-corrected chi connectivity index (χ2v) is 3.44. The Labute approximate surface area is 106 Å². The fourth-order valence-corrected chi connectivity index (χ4v) is 1.21. The van der Waals surface area contributed by atoms with Crippen molar-refractivity contribution in [1.29, 1.82) is 5.26 Å². The Hall–Kier alpha value is -2.35. The average molecular weight is 245 g/mol. The monoisotopic (exact) mass is 245 g/mol. The molecule has 0 aromatic carbocycles. The van der Waals surface area contributed by atoms with Crippen molar-refractivity contribution in [2.24, 2.45) is 0 Å². The lowest BCUT2D eigenvalue weighted by atomic mass is 10.2. The molecule has 1 rings (SSSR count). The average Bonchev–Trinajstić information content (AvgIpc) is 2.40. The lowest BCUT2D eigenvalue weighted by Gasteiger charge is -2.02. The van der Waals surface area contributed by atoms with E-state index in [4.69, 9.17) is 10.00 Å². The molecule has 18 heavy (non-hydrogen) atoms. The minimum Gasteiger partial charge on any atom is -0.462 e. The first-order valence-electron chi connectivity index (χ1n) is 5.70. The third-order valence-corrected chi connectivity index (χ3v) is 2.21. The number of hydrogen-bond donors (Lipinski definition) is 1. The molecule has 0 aliphatic heterocycles. The fourth-order valence-electron chi connectivity index (χ4n) is 1.21. The summed E-state index contributed by atoms with van der Waals surface area (Å²) >= 11 is 0. The molecular formula is C13H15N3O2. The maximum atomic E-state index is 11.3.